The summed E-state index contributed by atoms with van der Waals surface area (Å²) in [6, 6.07) is 16.9. The highest BCUT2D eigenvalue weighted by atomic mass is 32.2. The summed E-state index contributed by atoms with van der Waals surface area (Å²) in [6.45, 7) is 6.16. The Labute approximate surface area is 160 Å². The monoisotopic (exact) mass is 381 g/mol. The lowest BCUT2D eigenvalue weighted by molar-refractivity contribution is 0.426. The van der Waals surface area contributed by atoms with E-state index in [1.165, 1.54) is 6.20 Å². The number of nitrogens with one attached hydrogen (secondary N) is 1. The first-order chi connectivity index (χ1) is 13.0. The zero-order valence-corrected chi connectivity index (χ0v) is 16.3. The molecule has 140 valence electrons. The van der Waals surface area contributed by atoms with Crippen molar-refractivity contribution >= 4 is 26.4 Å². The lowest BCUT2D eigenvalue weighted by atomic mass is 10.1. The molecule has 1 N–H and O–H groups in total. The van der Waals surface area contributed by atoms with E-state index in [2.05, 4.69) is 35.1 Å². The summed E-state index contributed by atoms with van der Waals surface area (Å²) in [5, 5.41) is 4.32. The number of nitrogens with zero attached hydrogens (tertiary/aromatic N) is 2. The van der Waals surface area contributed by atoms with Crippen molar-refractivity contribution in [3.63, 3.8) is 0 Å². The Morgan fingerprint density at radius 2 is 1.81 bits per heavy atom. The highest BCUT2D eigenvalue weighted by Crippen LogP contribution is 2.30. The van der Waals surface area contributed by atoms with Crippen molar-refractivity contribution in [1.82, 2.24) is 10.3 Å². The van der Waals surface area contributed by atoms with Gasteiger partial charge in [0, 0.05) is 36.8 Å². The van der Waals surface area contributed by atoms with Gasteiger partial charge in [-0.2, -0.15) is 0 Å². The molecule has 3 aromatic rings. The molecule has 2 aromatic carbocycles. The zero-order chi connectivity index (χ0) is 19.0. The Kier molecular flexibility index (Phi) is 4.61. The van der Waals surface area contributed by atoms with Gasteiger partial charge in [0.25, 0.3) is 0 Å². The second-order valence-electron chi connectivity index (χ2n) is 7.15. The van der Waals surface area contributed by atoms with Crippen molar-refractivity contribution in [3.8, 4) is 0 Å². The van der Waals surface area contributed by atoms with Gasteiger partial charge in [0.15, 0.2) is 0 Å². The number of rotatable bonds is 3. The van der Waals surface area contributed by atoms with Crippen LogP contribution in [0.4, 0.5) is 5.69 Å². The molecule has 27 heavy (non-hydrogen) atoms. The topological polar surface area (TPSA) is 62.3 Å². The standard InChI is InChI=1S/C21H23N3O2S/c1-15-14-24(16(2)12-22-15)20-10-6-7-17-11-19(13-23-21(17)20)27(25,26)18-8-4-3-5-9-18/h3-11,13,15-16,22H,12,14H2,1-2H3. The van der Waals surface area contributed by atoms with Crippen molar-refractivity contribution in [2.24, 2.45) is 0 Å². The van der Waals surface area contributed by atoms with Crippen LogP contribution in [0.1, 0.15) is 13.8 Å². The lowest BCUT2D eigenvalue weighted by Gasteiger charge is -2.39. The van der Waals surface area contributed by atoms with Crippen LogP contribution in [0.15, 0.2) is 70.6 Å². The van der Waals surface area contributed by atoms with Gasteiger partial charge in [0.05, 0.1) is 21.0 Å². The van der Waals surface area contributed by atoms with Gasteiger partial charge in [0.1, 0.15) is 0 Å². The fourth-order valence-corrected chi connectivity index (χ4v) is 4.86. The predicted octanol–water partition coefficient (Wildman–Crippen LogP) is 3.25. The first kappa shape index (κ1) is 17.9. The van der Waals surface area contributed by atoms with Crippen molar-refractivity contribution in [1.29, 1.82) is 0 Å². The number of anilines is 1. The van der Waals surface area contributed by atoms with Crippen LogP contribution < -0.4 is 10.2 Å². The van der Waals surface area contributed by atoms with E-state index in [4.69, 9.17) is 0 Å². The number of piperazine rings is 1. The molecular formula is C21H23N3O2S. The molecule has 6 heteroatoms. The predicted molar refractivity (Wildman–Crippen MR) is 108 cm³/mol. The number of hydrogen-bond acceptors (Lipinski definition) is 5. The van der Waals surface area contributed by atoms with Crippen LogP contribution >= 0.6 is 0 Å². The second-order valence-corrected chi connectivity index (χ2v) is 9.10. The van der Waals surface area contributed by atoms with Crippen molar-refractivity contribution in [2.45, 2.75) is 35.7 Å². The minimum Gasteiger partial charge on any atom is -0.364 e. The third-order valence-electron chi connectivity index (χ3n) is 5.10. The lowest BCUT2D eigenvalue weighted by Crippen LogP contribution is -2.54. The van der Waals surface area contributed by atoms with Crippen molar-refractivity contribution < 1.29 is 8.42 Å². The summed E-state index contributed by atoms with van der Waals surface area (Å²) < 4.78 is 25.8. The van der Waals surface area contributed by atoms with Crippen molar-refractivity contribution in [3.05, 3.63) is 60.8 Å². The minimum absolute atomic E-state index is 0.222. The number of benzene rings is 2. The van der Waals surface area contributed by atoms with E-state index in [-0.39, 0.29) is 9.79 Å². The molecule has 1 aromatic heterocycles. The number of aromatic nitrogens is 1. The van der Waals surface area contributed by atoms with Gasteiger partial charge < -0.3 is 10.2 Å². The van der Waals surface area contributed by atoms with E-state index in [0.29, 0.717) is 12.1 Å². The Balaban J connectivity index is 1.79. The molecule has 0 aliphatic carbocycles. The van der Waals surface area contributed by atoms with Crippen LogP contribution in [-0.2, 0) is 9.84 Å². The number of sulfone groups is 1. The van der Waals surface area contributed by atoms with Gasteiger partial charge in [-0.05, 0) is 38.1 Å². The molecule has 2 heterocycles. The quantitative estimate of drug-likeness (QED) is 0.755. The Morgan fingerprint density at radius 3 is 2.59 bits per heavy atom. The van der Waals surface area contributed by atoms with Gasteiger partial charge in [-0.15, -0.1) is 0 Å². The molecule has 0 amide bonds. The van der Waals surface area contributed by atoms with Crippen molar-refractivity contribution in [2.75, 3.05) is 18.0 Å². The first-order valence-electron chi connectivity index (χ1n) is 9.16. The van der Waals surface area contributed by atoms with E-state index in [1.807, 2.05) is 12.1 Å². The molecule has 0 radical (unpaired) electrons. The molecular weight excluding hydrogens is 358 g/mol. The van der Waals surface area contributed by atoms with E-state index >= 15 is 0 Å². The molecule has 0 spiro atoms. The van der Waals surface area contributed by atoms with E-state index in [0.717, 1.165) is 29.7 Å². The molecule has 0 bridgehead atoms. The number of fused-ring (bicyclic) bond motifs is 1. The fourth-order valence-electron chi connectivity index (χ4n) is 3.60. The number of pyridine rings is 1. The molecule has 1 aliphatic heterocycles. The Morgan fingerprint density at radius 1 is 1.04 bits per heavy atom. The van der Waals surface area contributed by atoms with Gasteiger partial charge in [-0.3, -0.25) is 4.98 Å². The maximum Gasteiger partial charge on any atom is 0.208 e. The normalized spacial score (nSPS) is 20.7. The average molecular weight is 382 g/mol. The highest BCUT2D eigenvalue weighted by molar-refractivity contribution is 7.91. The first-order valence-corrected chi connectivity index (χ1v) is 10.6. The summed E-state index contributed by atoms with van der Waals surface area (Å²) in [5.74, 6) is 0. The van der Waals surface area contributed by atoms with Gasteiger partial charge >= 0.3 is 0 Å². The van der Waals surface area contributed by atoms with Gasteiger partial charge in [-0.1, -0.05) is 30.3 Å². The summed E-state index contributed by atoms with van der Waals surface area (Å²) in [6.07, 6.45) is 1.48. The molecule has 4 rings (SSSR count). The molecule has 2 unspecified atom stereocenters. The fraction of sp³-hybridized carbons (Fsp3) is 0.286. The number of hydrogen-bond donors (Lipinski definition) is 1. The summed E-state index contributed by atoms with van der Waals surface area (Å²) in [7, 11) is -3.57. The van der Waals surface area contributed by atoms with E-state index in [1.54, 1.807) is 36.4 Å². The van der Waals surface area contributed by atoms with Crippen LogP contribution in [-0.4, -0.2) is 38.6 Å². The van der Waals surface area contributed by atoms with Crippen LogP contribution in [0, 0.1) is 0 Å². The average Bonchev–Trinajstić information content (AvgIpc) is 2.69. The SMILES string of the molecule is CC1CN(c2cccc3cc(S(=O)(=O)c4ccccc4)cnc23)C(C)CN1. The number of para-hydroxylation sites is 1. The van der Waals surface area contributed by atoms with E-state index < -0.39 is 9.84 Å². The molecule has 2 atom stereocenters. The largest absolute Gasteiger partial charge is 0.364 e. The van der Waals surface area contributed by atoms with Crippen LogP contribution in [0.5, 0.6) is 0 Å². The van der Waals surface area contributed by atoms with E-state index in [9.17, 15) is 8.42 Å². The Bertz CT molecular complexity index is 1070. The second kappa shape index (κ2) is 6.94. The molecule has 1 saturated heterocycles. The van der Waals surface area contributed by atoms with Gasteiger partial charge in [-0.25, -0.2) is 8.42 Å². The molecule has 5 nitrogen and oxygen atoms in total. The summed E-state index contributed by atoms with van der Waals surface area (Å²) in [4.78, 5) is 7.42. The van der Waals surface area contributed by atoms with Crippen LogP contribution in [0.25, 0.3) is 10.9 Å². The van der Waals surface area contributed by atoms with Gasteiger partial charge in [0.2, 0.25) is 9.84 Å². The third kappa shape index (κ3) is 3.31. The highest BCUT2D eigenvalue weighted by Gasteiger charge is 2.25. The third-order valence-corrected chi connectivity index (χ3v) is 6.84. The van der Waals surface area contributed by atoms with Crippen LogP contribution in [0.2, 0.25) is 0 Å². The molecule has 1 fully saturated rings. The molecule has 1 aliphatic rings. The minimum atomic E-state index is -3.57. The summed E-state index contributed by atoms with van der Waals surface area (Å²) >= 11 is 0. The molecule has 0 saturated carbocycles. The summed E-state index contributed by atoms with van der Waals surface area (Å²) in [5.41, 5.74) is 1.89. The maximum atomic E-state index is 12.9. The maximum absolute atomic E-state index is 12.9. The zero-order valence-electron chi connectivity index (χ0n) is 15.5. The smallest absolute Gasteiger partial charge is 0.208 e. The van der Waals surface area contributed by atoms with Crippen LogP contribution in [0.3, 0.4) is 0 Å². The Hall–Kier alpha value is -2.44.